The molecule has 0 unspecified atom stereocenters. The van der Waals surface area contributed by atoms with Crippen LogP contribution in [0.15, 0.2) is 79.8 Å². The number of nitrogens with zero attached hydrogens (tertiary/aromatic N) is 3. The summed E-state index contributed by atoms with van der Waals surface area (Å²) in [4.78, 5) is 12.7. The molecule has 3 N–H and O–H groups in total. The largest absolute Gasteiger partial charge is 0.358 e. The third kappa shape index (κ3) is 4.84. The zero-order chi connectivity index (χ0) is 25.9. The van der Waals surface area contributed by atoms with Crippen molar-refractivity contribution in [1.82, 2.24) is 25.1 Å². The number of H-pyrrole nitrogens is 2. The number of allylic oxidation sites excluding steroid dienone is 2. The number of rotatable bonds is 7. The van der Waals surface area contributed by atoms with E-state index in [0.717, 1.165) is 61.7 Å². The van der Waals surface area contributed by atoms with E-state index in [4.69, 9.17) is 4.98 Å². The number of para-hydroxylation sites is 1. The Morgan fingerprint density at radius 1 is 1.11 bits per heavy atom. The van der Waals surface area contributed by atoms with Crippen LogP contribution in [-0.2, 0) is 0 Å². The molecule has 0 atom stereocenters. The topological polar surface area (TPSA) is 82.3 Å². The maximum absolute atomic E-state index is 13.5. The lowest BCUT2D eigenvalue weighted by Gasteiger charge is -2.08. The Labute approximate surface area is 214 Å². The molecule has 0 aliphatic carbocycles. The second kappa shape index (κ2) is 10.1. The summed E-state index contributed by atoms with van der Waals surface area (Å²) >= 11 is 0. The van der Waals surface area contributed by atoms with Crippen LogP contribution in [0, 0.1) is 5.82 Å². The summed E-state index contributed by atoms with van der Waals surface area (Å²) < 4.78 is 13.5. The van der Waals surface area contributed by atoms with Gasteiger partial charge < -0.3 is 10.3 Å². The highest BCUT2D eigenvalue weighted by atomic mass is 19.1. The highest BCUT2D eigenvalue weighted by Gasteiger charge is 2.14. The van der Waals surface area contributed by atoms with Gasteiger partial charge in [0.05, 0.1) is 28.3 Å². The summed E-state index contributed by atoms with van der Waals surface area (Å²) in [6.45, 7) is 12.3. The number of fused-ring (bicyclic) bond motifs is 1. The van der Waals surface area contributed by atoms with Gasteiger partial charge in [-0.15, -0.1) is 0 Å². The lowest BCUT2D eigenvalue weighted by Crippen LogP contribution is -2.23. The summed E-state index contributed by atoms with van der Waals surface area (Å²) in [5, 5.41) is 12.7. The fourth-order valence-electron chi connectivity index (χ4n) is 4.15. The third-order valence-electron chi connectivity index (χ3n) is 6.19. The van der Waals surface area contributed by atoms with Crippen LogP contribution in [0.1, 0.15) is 25.8 Å². The molecule has 0 aliphatic rings. The van der Waals surface area contributed by atoms with Crippen molar-refractivity contribution in [3.05, 3.63) is 102 Å². The number of aromatic amines is 2. The van der Waals surface area contributed by atoms with Crippen LogP contribution in [0.4, 0.5) is 10.1 Å². The number of aromatic nitrogens is 5. The quantitative estimate of drug-likeness (QED) is 0.270. The van der Waals surface area contributed by atoms with Crippen molar-refractivity contribution in [2.24, 2.45) is 0 Å². The predicted octanol–water partition coefficient (Wildman–Crippen LogP) is 5.78. The fourth-order valence-corrected chi connectivity index (χ4v) is 4.15. The number of anilines is 1. The van der Waals surface area contributed by atoms with Crippen LogP contribution in [0.25, 0.3) is 51.4 Å². The van der Waals surface area contributed by atoms with E-state index in [9.17, 15) is 4.39 Å². The summed E-state index contributed by atoms with van der Waals surface area (Å²) in [5.74, 6) is 0.353. The molecular formula is C30H27FN6. The van der Waals surface area contributed by atoms with E-state index in [0.29, 0.717) is 11.5 Å². The summed E-state index contributed by atoms with van der Waals surface area (Å²) in [5.41, 5.74) is 7.58. The number of hydrogen-bond acceptors (Lipinski definition) is 4. The molecule has 0 fully saturated rings. The summed E-state index contributed by atoms with van der Waals surface area (Å²) in [7, 11) is 0. The van der Waals surface area contributed by atoms with Crippen molar-refractivity contribution < 1.29 is 4.39 Å². The molecule has 3 heterocycles. The molecule has 7 heteroatoms. The second-order valence-corrected chi connectivity index (χ2v) is 8.70. The first-order valence-electron chi connectivity index (χ1n) is 12.0. The van der Waals surface area contributed by atoms with Crippen molar-refractivity contribution in [3.63, 3.8) is 0 Å². The highest BCUT2D eigenvalue weighted by Crippen LogP contribution is 2.29. The second-order valence-electron chi connectivity index (χ2n) is 8.70. The van der Waals surface area contributed by atoms with Crippen LogP contribution in [0.3, 0.4) is 0 Å². The molecule has 6 nitrogen and oxygen atoms in total. The molecule has 5 aromatic rings. The Morgan fingerprint density at radius 2 is 1.92 bits per heavy atom. The molecule has 0 aliphatic heterocycles. The standard InChI is InChI=1S/C30H27FN6/c1-5-19(4)33-23-15-21(16-32-17-23)18(3)14-25-26(6-2)36-37-29(25)30-34-27-9-7-8-24(28(27)35-30)20-10-12-22(31)13-11-20/h6-17,33,36H,3-5H2,1-2H3,(H,34,35)/b25-14+,26-6+. The van der Waals surface area contributed by atoms with Crippen LogP contribution >= 0.6 is 0 Å². The van der Waals surface area contributed by atoms with Crippen molar-refractivity contribution in [2.45, 2.75) is 20.3 Å². The molecule has 0 radical (unpaired) electrons. The van der Waals surface area contributed by atoms with E-state index in [1.807, 2.05) is 50.3 Å². The SMILES string of the molecule is C=C(CC)Nc1cncc(C(=C)/C=c2/c(-c3nc4c(-c5ccc(F)cc5)cccc4[nH]3)n[nH]/c2=C/C)c1. The number of nitrogens with one attached hydrogen (secondary N) is 3. The zero-order valence-electron chi connectivity index (χ0n) is 20.8. The normalized spacial score (nSPS) is 12.3. The van der Waals surface area contributed by atoms with Crippen LogP contribution in [0.2, 0.25) is 0 Å². The average molecular weight is 491 g/mol. The maximum Gasteiger partial charge on any atom is 0.159 e. The molecule has 184 valence electrons. The first kappa shape index (κ1) is 23.9. The molecule has 0 amide bonds. The molecule has 0 spiro atoms. The molecular weight excluding hydrogens is 463 g/mol. The minimum Gasteiger partial charge on any atom is -0.358 e. The van der Waals surface area contributed by atoms with E-state index in [-0.39, 0.29) is 5.82 Å². The summed E-state index contributed by atoms with van der Waals surface area (Å²) in [6.07, 6.45) is 8.32. The number of hydrogen-bond donors (Lipinski definition) is 3. The molecule has 3 aromatic heterocycles. The Balaban J connectivity index is 1.58. The van der Waals surface area contributed by atoms with Gasteiger partial charge in [0.1, 0.15) is 11.5 Å². The molecule has 2 aromatic carbocycles. The molecule has 0 saturated carbocycles. The Morgan fingerprint density at radius 3 is 2.68 bits per heavy atom. The Kier molecular flexibility index (Phi) is 6.51. The molecule has 5 rings (SSSR count). The van der Waals surface area contributed by atoms with Gasteiger partial charge in [0.2, 0.25) is 0 Å². The van der Waals surface area contributed by atoms with Gasteiger partial charge in [-0.2, -0.15) is 5.10 Å². The van der Waals surface area contributed by atoms with E-state index in [1.54, 1.807) is 24.5 Å². The Hall–Kier alpha value is -4.78. The van der Waals surface area contributed by atoms with E-state index in [2.05, 4.69) is 38.6 Å². The molecule has 37 heavy (non-hydrogen) atoms. The smallest absolute Gasteiger partial charge is 0.159 e. The first-order chi connectivity index (χ1) is 18.0. The third-order valence-corrected chi connectivity index (χ3v) is 6.19. The highest BCUT2D eigenvalue weighted by molar-refractivity contribution is 5.94. The number of benzene rings is 2. The van der Waals surface area contributed by atoms with Crippen molar-refractivity contribution >= 4 is 34.4 Å². The minimum atomic E-state index is -0.272. The van der Waals surface area contributed by atoms with E-state index in [1.165, 1.54) is 12.1 Å². The molecule has 0 saturated heterocycles. The fraction of sp³-hybridized carbons (Fsp3) is 0.100. The molecule has 0 bridgehead atoms. The lowest BCUT2D eigenvalue weighted by atomic mass is 10.0. The van der Waals surface area contributed by atoms with Gasteiger partial charge in [0.25, 0.3) is 0 Å². The van der Waals surface area contributed by atoms with Crippen molar-refractivity contribution in [3.8, 4) is 22.6 Å². The average Bonchev–Trinajstić information content (AvgIpc) is 3.53. The van der Waals surface area contributed by atoms with Gasteiger partial charge in [-0.3, -0.25) is 10.1 Å². The first-order valence-corrected chi connectivity index (χ1v) is 12.0. The van der Waals surface area contributed by atoms with Gasteiger partial charge in [0, 0.05) is 28.2 Å². The number of halogens is 1. The maximum atomic E-state index is 13.5. The zero-order valence-corrected chi connectivity index (χ0v) is 20.8. The van der Waals surface area contributed by atoms with Gasteiger partial charge in [-0.05, 0) is 54.8 Å². The van der Waals surface area contributed by atoms with E-state index >= 15 is 0 Å². The summed E-state index contributed by atoms with van der Waals surface area (Å²) in [6, 6.07) is 14.3. The van der Waals surface area contributed by atoms with E-state index < -0.39 is 0 Å². The van der Waals surface area contributed by atoms with Gasteiger partial charge in [0.15, 0.2) is 5.82 Å². The lowest BCUT2D eigenvalue weighted by molar-refractivity contribution is 0.628. The van der Waals surface area contributed by atoms with Crippen molar-refractivity contribution in [1.29, 1.82) is 0 Å². The van der Waals surface area contributed by atoms with Crippen LogP contribution in [-0.4, -0.2) is 25.1 Å². The van der Waals surface area contributed by atoms with Gasteiger partial charge in [-0.1, -0.05) is 50.4 Å². The van der Waals surface area contributed by atoms with Gasteiger partial charge in [-0.25, -0.2) is 9.37 Å². The van der Waals surface area contributed by atoms with Crippen LogP contribution in [0.5, 0.6) is 0 Å². The minimum absolute atomic E-state index is 0.272. The Bertz CT molecular complexity index is 1740. The number of pyridine rings is 1. The van der Waals surface area contributed by atoms with Crippen LogP contribution < -0.4 is 15.9 Å². The van der Waals surface area contributed by atoms with Gasteiger partial charge >= 0.3 is 0 Å². The monoisotopic (exact) mass is 490 g/mol. The van der Waals surface area contributed by atoms with Crippen molar-refractivity contribution in [2.75, 3.05) is 5.32 Å². The number of imidazole rings is 1. The predicted molar refractivity (Wildman–Crippen MR) is 149 cm³/mol.